The molecule has 0 aliphatic heterocycles. The molecule has 0 saturated heterocycles. The number of esters is 1. The zero-order valence-corrected chi connectivity index (χ0v) is 13.7. The lowest BCUT2D eigenvalue weighted by Crippen LogP contribution is -2.11. The highest BCUT2D eigenvalue weighted by atomic mass is 35.5. The van der Waals surface area contributed by atoms with Crippen LogP contribution in [0, 0.1) is 5.82 Å². The summed E-state index contributed by atoms with van der Waals surface area (Å²) in [5.74, 6) is -1.61. The third-order valence-corrected chi connectivity index (χ3v) is 3.84. The molecule has 0 unspecified atom stereocenters. The van der Waals surface area contributed by atoms with Gasteiger partial charge in [-0.25, -0.2) is 9.18 Å². The zero-order chi connectivity index (χ0) is 17.8. The van der Waals surface area contributed by atoms with Gasteiger partial charge >= 0.3 is 5.97 Å². The summed E-state index contributed by atoms with van der Waals surface area (Å²) < 4.78 is 18.9. The fraction of sp³-hybridized carbons (Fsp3) is 0. The lowest BCUT2D eigenvalue weighted by Gasteiger charge is -2.07. The Hall–Kier alpha value is -2.98. The van der Waals surface area contributed by atoms with Gasteiger partial charge in [0, 0.05) is 11.1 Å². The van der Waals surface area contributed by atoms with Gasteiger partial charge in [-0.1, -0.05) is 48.0 Å². The highest BCUT2D eigenvalue weighted by Crippen LogP contribution is 2.22. The van der Waals surface area contributed by atoms with Crippen molar-refractivity contribution < 1.29 is 18.7 Å². The Morgan fingerprint density at radius 1 is 0.800 bits per heavy atom. The standard InChI is InChI=1S/C20H12ClFO3/c21-16-7-4-8-17(22)18(16)20(24)25-15-11-9-14(10-12-15)19(23)13-5-2-1-3-6-13/h1-12H. The summed E-state index contributed by atoms with van der Waals surface area (Å²) in [7, 11) is 0. The molecule has 0 spiro atoms. The molecule has 0 aromatic heterocycles. The molecule has 0 aliphatic rings. The molecule has 0 saturated carbocycles. The number of ether oxygens (including phenoxy) is 1. The first kappa shape index (κ1) is 16.9. The molecule has 3 rings (SSSR count). The van der Waals surface area contributed by atoms with E-state index in [2.05, 4.69) is 0 Å². The maximum atomic E-state index is 13.7. The minimum absolute atomic E-state index is 0.0270. The van der Waals surface area contributed by atoms with Crippen LogP contribution in [0.15, 0.2) is 72.8 Å². The van der Waals surface area contributed by atoms with Gasteiger partial charge in [0.05, 0.1) is 5.02 Å². The topological polar surface area (TPSA) is 43.4 Å². The molecule has 0 heterocycles. The summed E-state index contributed by atoms with van der Waals surface area (Å²) in [6, 6.07) is 18.8. The molecule has 0 fully saturated rings. The second-order valence-corrected chi connectivity index (χ2v) is 5.61. The van der Waals surface area contributed by atoms with Crippen LogP contribution in [0.25, 0.3) is 0 Å². The second kappa shape index (κ2) is 7.28. The molecule has 3 nitrogen and oxygen atoms in total. The lowest BCUT2D eigenvalue weighted by atomic mass is 10.0. The van der Waals surface area contributed by atoms with E-state index < -0.39 is 11.8 Å². The van der Waals surface area contributed by atoms with Crippen LogP contribution in [-0.2, 0) is 0 Å². The van der Waals surface area contributed by atoms with Gasteiger partial charge < -0.3 is 4.74 Å². The Morgan fingerprint density at radius 2 is 1.44 bits per heavy atom. The van der Waals surface area contributed by atoms with E-state index in [-0.39, 0.29) is 22.1 Å². The Kier molecular flexibility index (Phi) is 4.91. The highest BCUT2D eigenvalue weighted by molar-refractivity contribution is 6.33. The first-order valence-corrected chi connectivity index (χ1v) is 7.80. The monoisotopic (exact) mass is 354 g/mol. The summed E-state index contributed by atoms with van der Waals surface area (Å²) in [6.07, 6.45) is 0. The quantitative estimate of drug-likeness (QED) is 0.379. The molecule has 0 amide bonds. The smallest absolute Gasteiger partial charge is 0.348 e. The third kappa shape index (κ3) is 3.75. The van der Waals surface area contributed by atoms with Gasteiger partial charge in [0.2, 0.25) is 0 Å². The Balaban J connectivity index is 1.77. The number of ketones is 1. The van der Waals surface area contributed by atoms with Crippen LogP contribution < -0.4 is 4.74 Å². The number of carbonyl (C=O) groups excluding carboxylic acids is 2. The SMILES string of the molecule is O=C(c1ccccc1)c1ccc(OC(=O)c2c(F)cccc2Cl)cc1. The molecule has 3 aromatic rings. The third-order valence-electron chi connectivity index (χ3n) is 3.53. The van der Waals surface area contributed by atoms with Gasteiger partial charge in [0.1, 0.15) is 17.1 Å². The number of hydrogen-bond acceptors (Lipinski definition) is 3. The van der Waals surface area contributed by atoms with Crippen molar-refractivity contribution in [3.05, 3.63) is 100 Å². The van der Waals surface area contributed by atoms with Gasteiger partial charge in [0.25, 0.3) is 0 Å². The molecule has 0 N–H and O–H groups in total. The first-order chi connectivity index (χ1) is 12.1. The van der Waals surface area contributed by atoms with E-state index in [1.54, 1.807) is 36.4 Å². The summed E-state index contributed by atoms with van der Waals surface area (Å²) in [5, 5.41) is -0.0270. The molecule has 25 heavy (non-hydrogen) atoms. The predicted molar refractivity (Wildman–Crippen MR) is 92.7 cm³/mol. The van der Waals surface area contributed by atoms with Crippen LogP contribution >= 0.6 is 11.6 Å². The van der Waals surface area contributed by atoms with E-state index in [1.807, 2.05) is 6.07 Å². The molecule has 0 atom stereocenters. The van der Waals surface area contributed by atoms with Crippen molar-refractivity contribution in [1.29, 1.82) is 0 Å². The first-order valence-electron chi connectivity index (χ1n) is 7.42. The van der Waals surface area contributed by atoms with Crippen molar-refractivity contribution in [3.8, 4) is 5.75 Å². The summed E-state index contributed by atoms with van der Waals surface area (Å²) in [6.45, 7) is 0. The number of carbonyl (C=O) groups is 2. The van der Waals surface area contributed by atoms with Gasteiger partial charge in [0.15, 0.2) is 5.78 Å². The van der Waals surface area contributed by atoms with Crippen LogP contribution in [0.3, 0.4) is 0 Å². The van der Waals surface area contributed by atoms with Crippen molar-refractivity contribution in [1.82, 2.24) is 0 Å². The average Bonchev–Trinajstić information content (AvgIpc) is 2.62. The van der Waals surface area contributed by atoms with E-state index >= 15 is 0 Å². The molecular weight excluding hydrogens is 343 g/mol. The van der Waals surface area contributed by atoms with Crippen LogP contribution in [0.1, 0.15) is 26.3 Å². The van der Waals surface area contributed by atoms with Gasteiger partial charge in [-0.2, -0.15) is 0 Å². The predicted octanol–water partition coefficient (Wildman–Crippen LogP) is 4.93. The molecule has 0 aliphatic carbocycles. The van der Waals surface area contributed by atoms with Crippen LogP contribution in [0.5, 0.6) is 5.75 Å². The van der Waals surface area contributed by atoms with E-state index in [9.17, 15) is 14.0 Å². The second-order valence-electron chi connectivity index (χ2n) is 5.21. The largest absolute Gasteiger partial charge is 0.423 e. The summed E-state index contributed by atoms with van der Waals surface area (Å²) in [5.41, 5.74) is 0.689. The van der Waals surface area contributed by atoms with Crippen molar-refractivity contribution in [2.24, 2.45) is 0 Å². The normalized spacial score (nSPS) is 10.3. The molecule has 0 radical (unpaired) electrons. The summed E-state index contributed by atoms with van der Waals surface area (Å²) in [4.78, 5) is 24.4. The lowest BCUT2D eigenvalue weighted by molar-refractivity contribution is 0.0730. The Bertz CT molecular complexity index is 901. The molecule has 124 valence electrons. The van der Waals surface area contributed by atoms with Gasteiger partial charge in [-0.15, -0.1) is 0 Å². The molecule has 0 bridgehead atoms. The zero-order valence-electron chi connectivity index (χ0n) is 12.9. The minimum atomic E-state index is -0.898. The van der Waals surface area contributed by atoms with Crippen LogP contribution in [-0.4, -0.2) is 11.8 Å². The molecule has 5 heteroatoms. The van der Waals surface area contributed by atoms with Gasteiger partial charge in [-0.05, 0) is 36.4 Å². The average molecular weight is 355 g/mol. The van der Waals surface area contributed by atoms with Crippen LogP contribution in [0.2, 0.25) is 5.02 Å². The Labute approximate surface area is 148 Å². The minimum Gasteiger partial charge on any atom is -0.423 e. The number of benzene rings is 3. The van der Waals surface area contributed by atoms with E-state index in [0.717, 1.165) is 6.07 Å². The van der Waals surface area contributed by atoms with Crippen LogP contribution in [0.4, 0.5) is 4.39 Å². The van der Waals surface area contributed by atoms with Gasteiger partial charge in [-0.3, -0.25) is 4.79 Å². The number of rotatable bonds is 4. The number of halogens is 2. The maximum absolute atomic E-state index is 13.7. The fourth-order valence-electron chi connectivity index (χ4n) is 2.28. The van der Waals surface area contributed by atoms with Crippen molar-refractivity contribution in [2.75, 3.05) is 0 Å². The van der Waals surface area contributed by atoms with E-state index in [0.29, 0.717) is 11.1 Å². The number of hydrogen-bond donors (Lipinski definition) is 0. The fourth-order valence-corrected chi connectivity index (χ4v) is 2.52. The Morgan fingerprint density at radius 3 is 2.08 bits per heavy atom. The highest BCUT2D eigenvalue weighted by Gasteiger charge is 2.18. The molecule has 3 aromatic carbocycles. The van der Waals surface area contributed by atoms with E-state index in [4.69, 9.17) is 16.3 Å². The van der Waals surface area contributed by atoms with Crippen molar-refractivity contribution in [3.63, 3.8) is 0 Å². The maximum Gasteiger partial charge on any atom is 0.348 e. The van der Waals surface area contributed by atoms with Crippen molar-refractivity contribution in [2.45, 2.75) is 0 Å². The summed E-state index contributed by atoms with van der Waals surface area (Å²) >= 11 is 5.84. The molecular formula is C20H12ClFO3. The van der Waals surface area contributed by atoms with Crippen molar-refractivity contribution >= 4 is 23.4 Å². The van der Waals surface area contributed by atoms with E-state index in [1.165, 1.54) is 24.3 Å².